The summed E-state index contributed by atoms with van der Waals surface area (Å²) in [5, 5.41) is 0. The zero-order valence-electron chi connectivity index (χ0n) is 10.2. The van der Waals surface area contributed by atoms with E-state index in [-0.39, 0.29) is 11.5 Å². The first-order chi connectivity index (χ1) is 8.10. The van der Waals surface area contributed by atoms with Gasteiger partial charge in [0.2, 0.25) is 0 Å². The van der Waals surface area contributed by atoms with E-state index in [0.717, 1.165) is 12.8 Å². The molecule has 0 N–H and O–H groups in total. The zero-order valence-corrected chi connectivity index (χ0v) is 11.1. The quantitative estimate of drug-likeness (QED) is 0.800. The van der Waals surface area contributed by atoms with E-state index in [1.165, 1.54) is 18.2 Å². The minimum atomic E-state index is -0.484. The van der Waals surface area contributed by atoms with Gasteiger partial charge in [0.05, 0.1) is 5.56 Å². The molecule has 0 atom stereocenters. The van der Waals surface area contributed by atoms with Crippen molar-refractivity contribution in [2.24, 2.45) is 0 Å². The van der Waals surface area contributed by atoms with Crippen LogP contribution in [-0.4, -0.2) is 23.9 Å². The Morgan fingerprint density at radius 2 is 2.12 bits per heavy atom. The van der Waals surface area contributed by atoms with Crippen LogP contribution in [0, 0.1) is 5.82 Å². The van der Waals surface area contributed by atoms with Crippen molar-refractivity contribution in [2.75, 3.05) is 13.1 Å². The molecule has 0 unspecified atom stereocenters. The van der Waals surface area contributed by atoms with Crippen LogP contribution in [-0.2, 0) is 0 Å². The van der Waals surface area contributed by atoms with Crippen molar-refractivity contribution in [3.63, 3.8) is 0 Å². The van der Waals surface area contributed by atoms with Crippen molar-refractivity contribution in [3.05, 3.63) is 29.6 Å². The van der Waals surface area contributed by atoms with Gasteiger partial charge in [0.25, 0.3) is 5.91 Å². The lowest BCUT2D eigenvalue weighted by Gasteiger charge is -2.21. The third kappa shape index (κ3) is 3.73. The monoisotopic (exact) mass is 255 g/mol. The molecule has 0 bridgehead atoms. The number of thiol groups is 1. The molecular formula is C13H18FNOS. The van der Waals surface area contributed by atoms with Gasteiger partial charge in [0.1, 0.15) is 5.82 Å². The lowest BCUT2D eigenvalue weighted by atomic mass is 10.1. The Morgan fingerprint density at radius 3 is 2.71 bits per heavy atom. The summed E-state index contributed by atoms with van der Waals surface area (Å²) in [4.78, 5) is 14.4. The summed E-state index contributed by atoms with van der Waals surface area (Å²) in [7, 11) is 0. The van der Waals surface area contributed by atoms with E-state index in [4.69, 9.17) is 0 Å². The highest BCUT2D eigenvalue weighted by Gasteiger charge is 2.17. The molecule has 0 saturated heterocycles. The van der Waals surface area contributed by atoms with Crippen LogP contribution in [0.5, 0.6) is 0 Å². The number of benzene rings is 1. The van der Waals surface area contributed by atoms with E-state index in [2.05, 4.69) is 19.6 Å². The Morgan fingerprint density at radius 1 is 1.41 bits per heavy atom. The second-order valence-corrected chi connectivity index (χ2v) is 4.42. The van der Waals surface area contributed by atoms with Crippen molar-refractivity contribution in [1.29, 1.82) is 0 Å². The summed E-state index contributed by atoms with van der Waals surface area (Å²) in [5.41, 5.74) is 0.107. The van der Waals surface area contributed by atoms with Crippen LogP contribution in [0.2, 0.25) is 0 Å². The summed E-state index contributed by atoms with van der Waals surface area (Å²) < 4.78 is 13.6. The third-order valence-electron chi connectivity index (χ3n) is 2.63. The van der Waals surface area contributed by atoms with Gasteiger partial charge in [-0.1, -0.05) is 13.3 Å². The normalized spacial score (nSPS) is 10.4. The van der Waals surface area contributed by atoms with Gasteiger partial charge >= 0.3 is 0 Å². The van der Waals surface area contributed by atoms with Crippen molar-refractivity contribution < 1.29 is 9.18 Å². The van der Waals surface area contributed by atoms with Crippen LogP contribution >= 0.6 is 12.6 Å². The zero-order chi connectivity index (χ0) is 12.8. The van der Waals surface area contributed by atoms with Gasteiger partial charge in [-0.3, -0.25) is 4.79 Å². The minimum absolute atomic E-state index is 0.107. The lowest BCUT2D eigenvalue weighted by Crippen LogP contribution is -2.32. The van der Waals surface area contributed by atoms with Crippen LogP contribution in [0.4, 0.5) is 4.39 Å². The Hall–Kier alpha value is -1.03. The topological polar surface area (TPSA) is 20.3 Å². The molecule has 1 rings (SSSR count). The number of hydrogen-bond acceptors (Lipinski definition) is 2. The van der Waals surface area contributed by atoms with Gasteiger partial charge < -0.3 is 4.90 Å². The molecule has 94 valence electrons. The molecule has 0 fully saturated rings. The summed E-state index contributed by atoms with van der Waals surface area (Å²) >= 11 is 4.13. The maximum atomic E-state index is 13.6. The average molecular weight is 255 g/mol. The Balaban J connectivity index is 2.89. The smallest absolute Gasteiger partial charge is 0.256 e. The Labute approximate surface area is 107 Å². The molecule has 1 aromatic rings. The molecule has 0 aliphatic rings. The molecule has 0 saturated carbocycles. The fraction of sp³-hybridized carbons (Fsp3) is 0.462. The van der Waals surface area contributed by atoms with E-state index in [9.17, 15) is 9.18 Å². The fourth-order valence-electron chi connectivity index (χ4n) is 1.60. The molecule has 1 amide bonds. The first kappa shape index (κ1) is 14.0. The van der Waals surface area contributed by atoms with Gasteiger partial charge in [-0.2, -0.15) is 0 Å². The second-order valence-electron chi connectivity index (χ2n) is 3.90. The molecule has 0 heterocycles. The molecule has 0 aliphatic heterocycles. The second kappa shape index (κ2) is 6.64. The number of carbonyl (C=O) groups is 1. The van der Waals surface area contributed by atoms with E-state index in [1.807, 2.05) is 6.92 Å². The van der Waals surface area contributed by atoms with Crippen molar-refractivity contribution >= 4 is 18.5 Å². The van der Waals surface area contributed by atoms with Gasteiger partial charge in [0, 0.05) is 18.0 Å². The van der Waals surface area contributed by atoms with Crippen molar-refractivity contribution in [3.8, 4) is 0 Å². The highest BCUT2D eigenvalue weighted by molar-refractivity contribution is 7.80. The predicted molar refractivity (Wildman–Crippen MR) is 70.1 cm³/mol. The van der Waals surface area contributed by atoms with Gasteiger partial charge in [-0.05, 0) is 31.5 Å². The molecule has 0 radical (unpaired) electrons. The summed E-state index contributed by atoms with van der Waals surface area (Å²) in [5.74, 6) is -0.739. The molecule has 2 nitrogen and oxygen atoms in total. The van der Waals surface area contributed by atoms with E-state index in [1.54, 1.807) is 4.90 Å². The minimum Gasteiger partial charge on any atom is -0.339 e. The number of carbonyl (C=O) groups excluding carboxylic acids is 1. The Bertz CT molecular complexity index is 395. The van der Waals surface area contributed by atoms with Crippen LogP contribution < -0.4 is 0 Å². The molecule has 4 heteroatoms. The van der Waals surface area contributed by atoms with Crippen LogP contribution in [0.3, 0.4) is 0 Å². The standard InChI is InChI=1S/C13H18FNOS/c1-3-5-8-15(4-2)13(16)11-9-10(17)6-7-12(11)14/h6-7,9,17H,3-5,8H2,1-2H3. The summed E-state index contributed by atoms with van der Waals surface area (Å²) in [6, 6.07) is 4.30. The predicted octanol–water partition coefficient (Wildman–Crippen LogP) is 3.38. The van der Waals surface area contributed by atoms with Crippen molar-refractivity contribution in [1.82, 2.24) is 4.90 Å². The summed E-state index contributed by atoms with van der Waals surface area (Å²) in [6.07, 6.45) is 1.95. The third-order valence-corrected chi connectivity index (χ3v) is 2.91. The average Bonchev–Trinajstić information content (AvgIpc) is 2.33. The van der Waals surface area contributed by atoms with Crippen LogP contribution in [0.1, 0.15) is 37.0 Å². The largest absolute Gasteiger partial charge is 0.339 e. The number of nitrogens with zero attached hydrogens (tertiary/aromatic N) is 1. The molecule has 0 spiro atoms. The number of rotatable bonds is 5. The first-order valence-corrected chi connectivity index (χ1v) is 6.32. The highest BCUT2D eigenvalue weighted by atomic mass is 32.1. The maximum Gasteiger partial charge on any atom is 0.256 e. The SMILES string of the molecule is CCCCN(CC)C(=O)c1cc(S)ccc1F. The first-order valence-electron chi connectivity index (χ1n) is 5.88. The number of amides is 1. The molecular weight excluding hydrogens is 237 g/mol. The molecule has 1 aromatic carbocycles. The van der Waals surface area contributed by atoms with E-state index < -0.39 is 5.82 Å². The van der Waals surface area contributed by atoms with Crippen LogP contribution in [0.25, 0.3) is 0 Å². The summed E-state index contributed by atoms with van der Waals surface area (Å²) in [6.45, 7) is 5.22. The van der Waals surface area contributed by atoms with Gasteiger partial charge in [0.15, 0.2) is 0 Å². The van der Waals surface area contributed by atoms with Gasteiger partial charge in [-0.25, -0.2) is 4.39 Å². The Kier molecular flexibility index (Phi) is 5.48. The molecule has 0 aromatic heterocycles. The molecule has 0 aliphatic carbocycles. The van der Waals surface area contributed by atoms with Gasteiger partial charge in [-0.15, -0.1) is 12.6 Å². The maximum absolute atomic E-state index is 13.6. The lowest BCUT2D eigenvalue weighted by molar-refractivity contribution is 0.0757. The highest BCUT2D eigenvalue weighted by Crippen LogP contribution is 2.16. The fourth-order valence-corrected chi connectivity index (χ4v) is 1.80. The number of halogens is 1. The number of hydrogen-bond donors (Lipinski definition) is 1. The van der Waals surface area contributed by atoms with E-state index >= 15 is 0 Å². The van der Waals surface area contributed by atoms with E-state index in [0.29, 0.717) is 18.0 Å². The molecule has 17 heavy (non-hydrogen) atoms. The van der Waals surface area contributed by atoms with Crippen LogP contribution in [0.15, 0.2) is 23.1 Å². The van der Waals surface area contributed by atoms with Crippen molar-refractivity contribution in [2.45, 2.75) is 31.6 Å². The number of unbranched alkanes of at least 4 members (excludes halogenated alkanes) is 1.